The number of aromatic hydroxyl groups is 1. The molecule has 2 N–H and O–H groups in total. The number of carbonyl (C=O) groups is 1. The number of hydrogen-bond acceptors (Lipinski definition) is 4. The Labute approximate surface area is 123 Å². The second-order valence-electron chi connectivity index (χ2n) is 4.35. The fourth-order valence-electron chi connectivity index (χ4n) is 1.99. The minimum Gasteiger partial charge on any atom is -0.504 e. The first-order valence-electron chi connectivity index (χ1n) is 6.43. The van der Waals surface area contributed by atoms with Gasteiger partial charge in [-0.2, -0.15) is 0 Å². The predicted octanol–water partition coefficient (Wildman–Crippen LogP) is 2.34. The molecule has 2 rings (SSSR count). The van der Waals surface area contributed by atoms with Gasteiger partial charge in [0.05, 0.1) is 19.8 Å². The normalized spacial score (nSPS) is 10.0. The van der Waals surface area contributed by atoms with E-state index in [9.17, 15) is 9.90 Å². The maximum Gasteiger partial charge on any atom is 0.255 e. The van der Waals surface area contributed by atoms with Crippen LogP contribution in [-0.4, -0.2) is 25.2 Å². The van der Waals surface area contributed by atoms with Crippen LogP contribution in [0.15, 0.2) is 42.5 Å². The second kappa shape index (κ2) is 6.65. The van der Waals surface area contributed by atoms with Crippen LogP contribution in [0.3, 0.4) is 0 Å². The first-order valence-corrected chi connectivity index (χ1v) is 6.43. The van der Waals surface area contributed by atoms with Gasteiger partial charge in [-0.05, 0) is 18.2 Å². The number of phenols is 1. The maximum atomic E-state index is 12.1. The monoisotopic (exact) mass is 287 g/mol. The fraction of sp³-hybridized carbons (Fsp3) is 0.188. The van der Waals surface area contributed by atoms with E-state index >= 15 is 0 Å². The molecule has 1 amide bonds. The minimum absolute atomic E-state index is 0.169. The molecule has 0 bridgehead atoms. The third-order valence-corrected chi connectivity index (χ3v) is 3.10. The van der Waals surface area contributed by atoms with Gasteiger partial charge in [-0.25, -0.2) is 0 Å². The summed E-state index contributed by atoms with van der Waals surface area (Å²) in [6.45, 7) is 0.305. The molecule has 110 valence electrons. The summed E-state index contributed by atoms with van der Waals surface area (Å²) in [4.78, 5) is 12.1. The molecule has 2 aromatic carbocycles. The topological polar surface area (TPSA) is 67.8 Å². The van der Waals surface area contributed by atoms with Crippen LogP contribution in [0.2, 0.25) is 0 Å². The van der Waals surface area contributed by atoms with Gasteiger partial charge < -0.3 is 19.9 Å². The molecule has 21 heavy (non-hydrogen) atoms. The number of benzene rings is 2. The van der Waals surface area contributed by atoms with Crippen molar-refractivity contribution in [2.75, 3.05) is 14.2 Å². The molecule has 0 heterocycles. The van der Waals surface area contributed by atoms with Crippen molar-refractivity contribution in [2.45, 2.75) is 6.54 Å². The zero-order valence-electron chi connectivity index (χ0n) is 11.9. The van der Waals surface area contributed by atoms with Crippen LogP contribution >= 0.6 is 0 Å². The molecule has 2 aromatic rings. The van der Waals surface area contributed by atoms with Crippen LogP contribution in [-0.2, 0) is 6.54 Å². The third-order valence-electron chi connectivity index (χ3n) is 3.10. The van der Waals surface area contributed by atoms with E-state index in [1.165, 1.54) is 13.2 Å². The lowest BCUT2D eigenvalue weighted by atomic mass is 10.1. The molecule has 0 aromatic heterocycles. The van der Waals surface area contributed by atoms with E-state index in [4.69, 9.17) is 9.47 Å². The number of para-hydroxylation sites is 2. The summed E-state index contributed by atoms with van der Waals surface area (Å²) < 4.78 is 10.2. The highest BCUT2D eigenvalue weighted by atomic mass is 16.5. The molecule has 0 radical (unpaired) electrons. The summed E-state index contributed by atoms with van der Waals surface area (Å²) in [5, 5.41) is 12.7. The van der Waals surface area contributed by atoms with E-state index in [-0.39, 0.29) is 23.0 Å². The highest BCUT2D eigenvalue weighted by molar-refractivity contribution is 5.97. The van der Waals surface area contributed by atoms with Crippen molar-refractivity contribution in [1.82, 2.24) is 5.32 Å². The highest BCUT2D eigenvalue weighted by Gasteiger charge is 2.14. The van der Waals surface area contributed by atoms with Gasteiger partial charge in [-0.15, -0.1) is 0 Å². The number of rotatable bonds is 5. The number of carbonyl (C=O) groups excluding carboxylic acids is 1. The molecule has 5 heteroatoms. The van der Waals surface area contributed by atoms with E-state index < -0.39 is 0 Å². The van der Waals surface area contributed by atoms with Crippen molar-refractivity contribution in [3.8, 4) is 17.2 Å². The Bertz CT molecular complexity index is 640. The predicted molar refractivity (Wildman–Crippen MR) is 78.8 cm³/mol. The third kappa shape index (κ3) is 3.25. The molecule has 0 unspecified atom stereocenters. The van der Waals surface area contributed by atoms with Gasteiger partial charge in [-0.1, -0.05) is 24.3 Å². The Balaban J connectivity index is 2.12. The molecule has 0 atom stereocenters. The Morgan fingerprint density at radius 3 is 2.43 bits per heavy atom. The molecule has 0 saturated heterocycles. The number of phenolic OH excluding ortho intramolecular Hbond substituents is 1. The molecule has 0 spiro atoms. The van der Waals surface area contributed by atoms with Crippen molar-refractivity contribution in [3.05, 3.63) is 53.6 Å². The molecule has 0 aliphatic heterocycles. The lowest BCUT2D eigenvalue weighted by molar-refractivity contribution is 0.0947. The SMILES string of the molecule is COc1ccccc1CNC(=O)c1cccc(OC)c1O. The zero-order chi connectivity index (χ0) is 15.2. The average molecular weight is 287 g/mol. The summed E-state index contributed by atoms with van der Waals surface area (Å²) >= 11 is 0. The molecular formula is C16H17NO4. The highest BCUT2D eigenvalue weighted by Crippen LogP contribution is 2.29. The number of amides is 1. The zero-order valence-corrected chi connectivity index (χ0v) is 11.9. The van der Waals surface area contributed by atoms with E-state index in [0.717, 1.165) is 5.56 Å². The standard InChI is InChI=1S/C16H17NO4/c1-20-13-8-4-3-6-11(13)10-17-16(19)12-7-5-9-14(21-2)15(12)18/h3-9,18H,10H2,1-2H3,(H,17,19). The number of methoxy groups -OCH3 is 2. The quantitative estimate of drug-likeness (QED) is 0.885. The summed E-state index contributed by atoms with van der Waals surface area (Å²) in [7, 11) is 3.01. The van der Waals surface area contributed by atoms with Crippen molar-refractivity contribution >= 4 is 5.91 Å². The van der Waals surface area contributed by atoms with E-state index in [0.29, 0.717) is 12.3 Å². The second-order valence-corrected chi connectivity index (χ2v) is 4.35. The largest absolute Gasteiger partial charge is 0.504 e. The maximum absolute atomic E-state index is 12.1. The van der Waals surface area contributed by atoms with Crippen molar-refractivity contribution < 1.29 is 19.4 Å². The van der Waals surface area contributed by atoms with Gasteiger partial charge in [0.1, 0.15) is 5.75 Å². The van der Waals surface area contributed by atoms with Gasteiger partial charge in [0.15, 0.2) is 11.5 Å². The molecular weight excluding hydrogens is 270 g/mol. The van der Waals surface area contributed by atoms with Gasteiger partial charge in [-0.3, -0.25) is 4.79 Å². The molecule has 0 fully saturated rings. The summed E-state index contributed by atoms with van der Waals surface area (Å²) in [5.41, 5.74) is 1.03. The summed E-state index contributed by atoms with van der Waals surface area (Å²) in [6.07, 6.45) is 0. The molecule has 0 aliphatic carbocycles. The number of ether oxygens (including phenoxy) is 2. The van der Waals surface area contributed by atoms with Crippen molar-refractivity contribution in [2.24, 2.45) is 0 Å². The summed E-state index contributed by atoms with van der Waals surface area (Å²) in [5.74, 6) is 0.419. The van der Waals surface area contributed by atoms with Gasteiger partial charge in [0, 0.05) is 12.1 Å². The first kappa shape index (κ1) is 14.7. The van der Waals surface area contributed by atoms with Crippen LogP contribution < -0.4 is 14.8 Å². The average Bonchev–Trinajstić information content (AvgIpc) is 2.53. The van der Waals surface area contributed by atoms with Gasteiger partial charge >= 0.3 is 0 Å². The number of nitrogens with one attached hydrogen (secondary N) is 1. The van der Waals surface area contributed by atoms with Crippen molar-refractivity contribution in [1.29, 1.82) is 0 Å². The van der Waals surface area contributed by atoms with Gasteiger partial charge in [0.2, 0.25) is 0 Å². The van der Waals surface area contributed by atoms with Crippen LogP contribution in [0.1, 0.15) is 15.9 Å². The Morgan fingerprint density at radius 1 is 1.05 bits per heavy atom. The Morgan fingerprint density at radius 2 is 1.71 bits per heavy atom. The Hall–Kier alpha value is -2.69. The van der Waals surface area contributed by atoms with E-state index in [1.54, 1.807) is 19.2 Å². The molecule has 0 saturated carbocycles. The Kier molecular flexibility index (Phi) is 4.66. The summed E-state index contributed by atoms with van der Waals surface area (Å²) in [6, 6.07) is 12.2. The number of hydrogen-bond donors (Lipinski definition) is 2. The van der Waals surface area contributed by atoms with Crippen LogP contribution in [0.4, 0.5) is 0 Å². The first-order chi connectivity index (χ1) is 10.2. The molecule has 0 aliphatic rings. The van der Waals surface area contributed by atoms with Crippen molar-refractivity contribution in [3.63, 3.8) is 0 Å². The van der Waals surface area contributed by atoms with E-state index in [1.807, 2.05) is 24.3 Å². The smallest absolute Gasteiger partial charge is 0.255 e. The lowest BCUT2D eigenvalue weighted by Gasteiger charge is -2.11. The fourth-order valence-corrected chi connectivity index (χ4v) is 1.99. The minimum atomic E-state index is -0.377. The lowest BCUT2D eigenvalue weighted by Crippen LogP contribution is -2.23. The van der Waals surface area contributed by atoms with Gasteiger partial charge in [0.25, 0.3) is 5.91 Å². The van der Waals surface area contributed by atoms with Crippen LogP contribution in [0.5, 0.6) is 17.2 Å². The van der Waals surface area contributed by atoms with Crippen LogP contribution in [0, 0.1) is 0 Å². The molecule has 5 nitrogen and oxygen atoms in total. The van der Waals surface area contributed by atoms with E-state index in [2.05, 4.69) is 5.32 Å². The van der Waals surface area contributed by atoms with Crippen LogP contribution in [0.25, 0.3) is 0 Å².